The number of rotatable bonds is 7. The maximum atomic E-state index is 13.7. The van der Waals surface area contributed by atoms with E-state index in [-0.39, 0.29) is 12.1 Å². The molecule has 2 aromatic carbocycles. The zero-order valence-electron chi connectivity index (χ0n) is 15.5. The molecule has 0 spiro atoms. The van der Waals surface area contributed by atoms with Crippen LogP contribution in [0.1, 0.15) is 23.6 Å². The van der Waals surface area contributed by atoms with Crippen LogP contribution in [0.2, 0.25) is 0 Å². The average Bonchev–Trinajstić information content (AvgIpc) is 2.60. The number of guanidine groups is 1. The molecular formula is C20H26F2N4. The number of halogens is 2. The summed E-state index contributed by atoms with van der Waals surface area (Å²) >= 11 is 0. The molecular weight excluding hydrogens is 334 g/mol. The molecule has 0 fully saturated rings. The Labute approximate surface area is 153 Å². The van der Waals surface area contributed by atoms with Gasteiger partial charge >= 0.3 is 0 Å². The van der Waals surface area contributed by atoms with Crippen molar-refractivity contribution >= 4 is 5.96 Å². The fourth-order valence-corrected chi connectivity index (χ4v) is 2.57. The quantitative estimate of drug-likeness (QED) is 0.588. The predicted octanol–water partition coefficient (Wildman–Crippen LogP) is 3.28. The summed E-state index contributed by atoms with van der Waals surface area (Å²) in [5.74, 6) is -0.356. The van der Waals surface area contributed by atoms with Crippen molar-refractivity contribution in [2.75, 3.05) is 20.6 Å². The number of benzene rings is 2. The lowest BCUT2D eigenvalue weighted by atomic mass is 10.1. The third-order valence-electron chi connectivity index (χ3n) is 3.81. The predicted molar refractivity (Wildman–Crippen MR) is 102 cm³/mol. The van der Waals surface area contributed by atoms with Crippen LogP contribution in [-0.4, -0.2) is 31.5 Å². The second kappa shape index (κ2) is 9.87. The molecule has 26 heavy (non-hydrogen) atoms. The summed E-state index contributed by atoms with van der Waals surface area (Å²) in [5.41, 5.74) is 2.64. The van der Waals surface area contributed by atoms with E-state index in [4.69, 9.17) is 0 Å². The van der Waals surface area contributed by atoms with Crippen molar-refractivity contribution in [2.45, 2.75) is 26.6 Å². The third-order valence-corrected chi connectivity index (χ3v) is 3.81. The summed E-state index contributed by atoms with van der Waals surface area (Å²) in [7, 11) is 4.06. The Balaban J connectivity index is 2.07. The van der Waals surface area contributed by atoms with E-state index < -0.39 is 11.6 Å². The van der Waals surface area contributed by atoms with E-state index >= 15 is 0 Å². The molecule has 0 saturated carbocycles. The van der Waals surface area contributed by atoms with Crippen molar-refractivity contribution in [3.63, 3.8) is 0 Å². The van der Waals surface area contributed by atoms with Crippen LogP contribution in [-0.2, 0) is 19.6 Å². The van der Waals surface area contributed by atoms with E-state index in [0.717, 1.165) is 18.7 Å². The molecule has 0 radical (unpaired) electrons. The highest BCUT2D eigenvalue weighted by atomic mass is 19.1. The van der Waals surface area contributed by atoms with Crippen molar-refractivity contribution in [2.24, 2.45) is 4.99 Å². The van der Waals surface area contributed by atoms with E-state index in [1.807, 2.05) is 33.2 Å². The number of nitrogens with one attached hydrogen (secondary N) is 2. The number of hydrogen-bond acceptors (Lipinski definition) is 2. The Kier molecular flexibility index (Phi) is 7.53. The Morgan fingerprint density at radius 2 is 1.73 bits per heavy atom. The van der Waals surface area contributed by atoms with Crippen LogP contribution < -0.4 is 10.6 Å². The molecule has 0 aliphatic rings. The molecule has 0 atom stereocenters. The van der Waals surface area contributed by atoms with E-state index in [1.54, 1.807) is 0 Å². The molecule has 2 N–H and O–H groups in total. The highest BCUT2D eigenvalue weighted by Gasteiger charge is 2.06. The minimum atomic E-state index is -0.466. The van der Waals surface area contributed by atoms with Crippen molar-refractivity contribution in [3.05, 3.63) is 70.8 Å². The Morgan fingerprint density at radius 3 is 2.42 bits per heavy atom. The van der Waals surface area contributed by atoms with Gasteiger partial charge in [0, 0.05) is 25.2 Å². The molecule has 2 aromatic rings. The normalized spacial score (nSPS) is 11.7. The zero-order chi connectivity index (χ0) is 18.9. The topological polar surface area (TPSA) is 39.7 Å². The number of hydrogen-bond donors (Lipinski definition) is 2. The highest BCUT2D eigenvalue weighted by molar-refractivity contribution is 5.79. The fourth-order valence-electron chi connectivity index (χ4n) is 2.57. The second-order valence-corrected chi connectivity index (χ2v) is 6.29. The van der Waals surface area contributed by atoms with Gasteiger partial charge in [-0.1, -0.05) is 24.3 Å². The van der Waals surface area contributed by atoms with Crippen molar-refractivity contribution in [1.29, 1.82) is 0 Å². The lowest BCUT2D eigenvalue weighted by Gasteiger charge is -2.16. The molecule has 0 unspecified atom stereocenters. The first-order chi connectivity index (χ1) is 12.5. The molecule has 6 heteroatoms. The van der Waals surface area contributed by atoms with E-state index in [9.17, 15) is 8.78 Å². The van der Waals surface area contributed by atoms with Gasteiger partial charge in [-0.3, -0.25) is 0 Å². The van der Waals surface area contributed by atoms with Crippen LogP contribution >= 0.6 is 0 Å². The standard InChI is InChI=1S/C20H26F2N4/c1-4-23-20(25-13-17-11-18(21)9-10-19(17)22)24-12-15-7-5-6-8-16(15)14-26(2)3/h5-11H,4,12-14H2,1-3H3,(H2,23,24,25). The van der Waals surface area contributed by atoms with Crippen LogP contribution in [0.5, 0.6) is 0 Å². The van der Waals surface area contributed by atoms with Gasteiger partial charge in [-0.2, -0.15) is 0 Å². The molecule has 2 rings (SSSR count). The summed E-state index contributed by atoms with van der Waals surface area (Å²) in [5, 5.41) is 6.39. The van der Waals surface area contributed by atoms with E-state index in [0.29, 0.717) is 19.0 Å². The molecule has 0 bridgehead atoms. The van der Waals surface area contributed by atoms with Crippen molar-refractivity contribution in [1.82, 2.24) is 15.5 Å². The van der Waals surface area contributed by atoms with Gasteiger partial charge in [0.2, 0.25) is 0 Å². The minimum absolute atomic E-state index is 0.0677. The number of aliphatic imine (C=N–C) groups is 1. The van der Waals surface area contributed by atoms with Crippen LogP contribution in [0.15, 0.2) is 47.5 Å². The first-order valence-corrected chi connectivity index (χ1v) is 8.67. The molecule has 0 aliphatic heterocycles. The summed E-state index contributed by atoms with van der Waals surface area (Å²) in [4.78, 5) is 6.48. The second-order valence-electron chi connectivity index (χ2n) is 6.29. The van der Waals surface area contributed by atoms with Gasteiger partial charge in [0.25, 0.3) is 0 Å². The third kappa shape index (κ3) is 6.11. The fraction of sp³-hybridized carbons (Fsp3) is 0.350. The van der Waals surface area contributed by atoms with Gasteiger partial charge in [0.1, 0.15) is 11.6 Å². The number of nitrogens with zero attached hydrogens (tertiary/aromatic N) is 2. The summed E-state index contributed by atoms with van der Waals surface area (Å²) in [6.07, 6.45) is 0. The molecule has 0 heterocycles. The lowest BCUT2D eigenvalue weighted by Crippen LogP contribution is -2.37. The minimum Gasteiger partial charge on any atom is -0.357 e. The molecule has 0 aromatic heterocycles. The van der Waals surface area contributed by atoms with Gasteiger partial charge < -0.3 is 15.5 Å². The summed E-state index contributed by atoms with van der Waals surface area (Å²) in [6, 6.07) is 11.6. The zero-order valence-corrected chi connectivity index (χ0v) is 15.5. The maximum absolute atomic E-state index is 13.7. The maximum Gasteiger partial charge on any atom is 0.191 e. The Bertz CT molecular complexity index is 744. The smallest absolute Gasteiger partial charge is 0.191 e. The van der Waals surface area contributed by atoms with Crippen molar-refractivity contribution < 1.29 is 8.78 Å². The first-order valence-electron chi connectivity index (χ1n) is 8.67. The molecule has 0 aliphatic carbocycles. The first kappa shape index (κ1) is 19.8. The van der Waals surface area contributed by atoms with Crippen LogP contribution in [0.4, 0.5) is 8.78 Å². The monoisotopic (exact) mass is 360 g/mol. The van der Waals surface area contributed by atoms with Crippen molar-refractivity contribution in [3.8, 4) is 0 Å². The van der Waals surface area contributed by atoms with Crippen LogP contribution in [0, 0.1) is 11.6 Å². The molecule has 140 valence electrons. The van der Waals surface area contributed by atoms with E-state index in [1.165, 1.54) is 17.2 Å². The van der Waals surface area contributed by atoms with Gasteiger partial charge in [-0.05, 0) is 50.3 Å². The van der Waals surface area contributed by atoms with Gasteiger partial charge in [-0.15, -0.1) is 0 Å². The molecule has 4 nitrogen and oxygen atoms in total. The Hall–Kier alpha value is -2.47. The molecule has 0 amide bonds. The summed E-state index contributed by atoms with van der Waals surface area (Å²) in [6.45, 7) is 4.15. The van der Waals surface area contributed by atoms with Gasteiger partial charge in [-0.25, -0.2) is 13.8 Å². The SMILES string of the molecule is CCNC(=NCc1cc(F)ccc1F)NCc1ccccc1CN(C)C. The van der Waals surface area contributed by atoms with E-state index in [2.05, 4.69) is 32.7 Å². The lowest BCUT2D eigenvalue weighted by molar-refractivity contribution is 0.400. The largest absolute Gasteiger partial charge is 0.357 e. The average molecular weight is 360 g/mol. The van der Waals surface area contributed by atoms with Gasteiger partial charge in [0.05, 0.1) is 6.54 Å². The summed E-state index contributed by atoms with van der Waals surface area (Å²) < 4.78 is 27.0. The van der Waals surface area contributed by atoms with Crippen LogP contribution in [0.3, 0.4) is 0 Å². The Morgan fingerprint density at radius 1 is 1.00 bits per heavy atom. The highest BCUT2D eigenvalue weighted by Crippen LogP contribution is 2.12. The van der Waals surface area contributed by atoms with Gasteiger partial charge in [0.15, 0.2) is 5.96 Å². The molecule has 0 saturated heterocycles. The van der Waals surface area contributed by atoms with Crippen LogP contribution in [0.25, 0.3) is 0 Å².